The molecule has 0 radical (unpaired) electrons. The Morgan fingerprint density at radius 2 is 2.00 bits per heavy atom. The average Bonchev–Trinajstić information content (AvgIpc) is 2.52. The minimum absolute atomic E-state index is 0.227. The van der Waals surface area contributed by atoms with Crippen LogP contribution in [0.4, 0.5) is 13.2 Å². The predicted molar refractivity (Wildman–Crippen MR) is 95.3 cm³/mol. The maximum absolute atomic E-state index is 14.5. The van der Waals surface area contributed by atoms with Crippen LogP contribution < -0.4 is 10.1 Å². The van der Waals surface area contributed by atoms with E-state index < -0.39 is 5.92 Å². The molecule has 0 spiro atoms. The van der Waals surface area contributed by atoms with Crippen LogP contribution in [-0.4, -0.2) is 30.1 Å². The molecule has 0 saturated carbocycles. The Bertz CT molecular complexity index is 802. The number of hydrogen-bond donors (Lipinski definition) is 1. The summed E-state index contributed by atoms with van der Waals surface area (Å²) >= 11 is 0. The Labute approximate surface area is 151 Å². The molecule has 26 heavy (non-hydrogen) atoms. The number of aryl methyl sites for hydroxylation is 2. The number of ether oxygens (including phenoxy) is 1. The van der Waals surface area contributed by atoms with Gasteiger partial charge in [0.25, 0.3) is 5.92 Å². The van der Waals surface area contributed by atoms with Crippen molar-refractivity contribution in [2.45, 2.75) is 45.6 Å². The first kappa shape index (κ1) is 18.7. The Morgan fingerprint density at radius 3 is 2.69 bits per heavy atom. The molecular formula is C20H23F3N2O. The van der Waals surface area contributed by atoms with E-state index >= 15 is 0 Å². The normalized spacial score (nSPS) is 16.9. The van der Waals surface area contributed by atoms with Crippen LogP contribution in [0.15, 0.2) is 24.3 Å². The molecule has 6 heteroatoms. The summed E-state index contributed by atoms with van der Waals surface area (Å²) in [6.07, 6.45) is 1.11. The van der Waals surface area contributed by atoms with Gasteiger partial charge in [-0.15, -0.1) is 0 Å². The molecule has 1 aliphatic heterocycles. The van der Waals surface area contributed by atoms with Gasteiger partial charge in [-0.25, -0.2) is 18.2 Å². The zero-order valence-corrected chi connectivity index (χ0v) is 15.2. The van der Waals surface area contributed by atoms with E-state index in [0.717, 1.165) is 29.3 Å². The minimum atomic E-state index is -2.75. The van der Waals surface area contributed by atoms with Gasteiger partial charge in [-0.1, -0.05) is 12.1 Å². The van der Waals surface area contributed by atoms with Crippen LogP contribution in [0.3, 0.4) is 0 Å². The molecule has 3 rings (SSSR count). The van der Waals surface area contributed by atoms with E-state index in [2.05, 4.69) is 10.3 Å². The number of rotatable bonds is 5. The highest BCUT2D eigenvalue weighted by atomic mass is 19.3. The smallest absolute Gasteiger partial charge is 0.257 e. The van der Waals surface area contributed by atoms with Crippen molar-refractivity contribution < 1.29 is 17.9 Å². The Hall–Kier alpha value is -2.08. The van der Waals surface area contributed by atoms with Crippen molar-refractivity contribution in [2.24, 2.45) is 0 Å². The second kappa shape index (κ2) is 7.27. The number of hydrogen-bond acceptors (Lipinski definition) is 3. The lowest BCUT2D eigenvalue weighted by Crippen LogP contribution is -2.39. The van der Waals surface area contributed by atoms with Gasteiger partial charge in [0.05, 0.1) is 6.54 Å². The summed E-state index contributed by atoms with van der Waals surface area (Å²) in [7, 11) is 0. The molecular weight excluding hydrogens is 341 g/mol. The number of nitrogens with zero attached hydrogens (tertiary/aromatic N) is 1. The molecule has 0 bridgehead atoms. The number of alkyl halides is 2. The lowest BCUT2D eigenvalue weighted by molar-refractivity contribution is 0.0197. The maximum Gasteiger partial charge on any atom is 0.257 e. The number of fused-ring (bicyclic) bond motifs is 1. The lowest BCUT2D eigenvalue weighted by atomic mass is 9.93. The summed E-state index contributed by atoms with van der Waals surface area (Å²) in [5, 5.41) is 2.74. The SMILES string of the molecule is Cc1ccc(-c2cc(C)nc3c2CCC(CNCC(C)(F)F)O3)c(F)c1. The van der Waals surface area contributed by atoms with Gasteiger partial charge in [-0.05, 0) is 49.9 Å². The van der Waals surface area contributed by atoms with E-state index in [4.69, 9.17) is 4.74 Å². The zero-order valence-electron chi connectivity index (χ0n) is 15.2. The summed E-state index contributed by atoms with van der Waals surface area (Å²) < 4.78 is 46.2. The van der Waals surface area contributed by atoms with E-state index in [1.165, 1.54) is 6.07 Å². The van der Waals surface area contributed by atoms with Crippen molar-refractivity contribution in [3.63, 3.8) is 0 Å². The lowest BCUT2D eigenvalue weighted by Gasteiger charge is -2.28. The van der Waals surface area contributed by atoms with Gasteiger partial charge in [-0.3, -0.25) is 0 Å². The maximum atomic E-state index is 14.5. The number of halogens is 3. The van der Waals surface area contributed by atoms with Gasteiger partial charge in [0.15, 0.2) is 0 Å². The van der Waals surface area contributed by atoms with Crippen LogP contribution in [-0.2, 0) is 6.42 Å². The number of nitrogens with one attached hydrogen (secondary N) is 1. The molecule has 3 nitrogen and oxygen atoms in total. The monoisotopic (exact) mass is 364 g/mol. The van der Waals surface area contributed by atoms with Crippen LogP contribution in [0.2, 0.25) is 0 Å². The molecule has 1 aromatic heterocycles. The highest BCUT2D eigenvalue weighted by Crippen LogP contribution is 2.36. The highest BCUT2D eigenvalue weighted by molar-refractivity contribution is 5.70. The molecule has 0 fully saturated rings. The molecule has 2 heterocycles. The van der Waals surface area contributed by atoms with Crippen molar-refractivity contribution in [2.75, 3.05) is 13.1 Å². The Morgan fingerprint density at radius 1 is 1.23 bits per heavy atom. The molecule has 1 aliphatic rings. The fourth-order valence-electron chi connectivity index (χ4n) is 3.21. The zero-order chi connectivity index (χ0) is 18.9. The first-order valence-corrected chi connectivity index (χ1v) is 8.75. The largest absolute Gasteiger partial charge is 0.473 e. The number of aromatic nitrogens is 1. The number of benzene rings is 1. The van der Waals surface area contributed by atoms with Crippen LogP contribution in [0.1, 0.15) is 30.2 Å². The summed E-state index contributed by atoms with van der Waals surface area (Å²) in [5.41, 5.74) is 3.78. The molecule has 0 saturated heterocycles. The predicted octanol–water partition coefficient (Wildman–Crippen LogP) is 4.44. The molecule has 1 unspecified atom stereocenters. The van der Waals surface area contributed by atoms with Gasteiger partial charge in [0.2, 0.25) is 5.88 Å². The Kier molecular flexibility index (Phi) is 5.23. The first-order valence-electron chi connectivity index (χ1n) is 8.75. The Balaban J connectivity index is 1.83. The van der Waals surface area contributed by atoms with Crippen molar-refractivity contribution in [1.29, 1.82) is 0 Å². The molecule has 2 aromatic rings. The second-order valence-electron chi connectivity index (χ2n) is 7.06. The molecule has 0 aliphatic carbocycles. The van der Waals surface area contributed by atoms with E-state index in [-0.39, 0.29) is 18.5 Å². The summed E-state index contributed by atoms with van der Waals surface area (Å²) in [6.45, 7) is 4.50. The van der Waals surface area contributed by atoms with Crippen LogP contribution in [0.5, 0.6) is 5.88 Å². The van der Waals surface area contributed by atoms with E-state index in [1.807, 2.05) is 26.0 Å². The van der Waals surface area contributed by atoms with Crippen molar-refractivity contribution in [3.8, 4) is 17.0 Å². The van der Waals surface area contributed by atoms with Gasteiger partial charge >= 0.3 is 0 Å². The molecule has 1 N–H and O–H groups in total. The minimum Gasteiger partial charge on any atom is -0.473 e. The van der Waals surface area contributed by atoms with Crippen LogP contribution >= 0.6 is 0 Å². The van der Waals surface area contributed by atoms with E-state index in [0.29, 0.717) is 30.8 Å². The summed E-state index contributed by atoms with van der Waals surface area (Å²) in [5.74, 6) is -2.55. The average molecular weight is 364 g/mol. The van der Waals surface area contributed by atoms with Crippen LogP contribution in [0, 0.1) is 19.7 Å². The second-order valence-corrected chi connectivity index (χ2v) is 7.06. The number of pyridine rings is 1. The molecule has 1 aromatic carbocycles. The molecule has 1 atom stereocenters. The standard InChI is InChI=1S/C20H23F3N2O/c1-12-4-6-15(18(21)8-12)17-9-13(2)25-19-16(17)7-5-14(26-19)10-24-11-20(3,22)23/h4,6,8-9,14,24H,5,7,10-11H2,1-3H3. The highest BCUT2D eigenvalue weighted by Gasteiger charge is 2.26. The first-order chi connectivity index (χ1) is 12.2. The third kappa shape index (κ3) is 4.36. The summed E-state index contributed by atoms with van der Waals surface area (Å²) in [4.78, 5) is 4.43. The van der Waals surface area contributed by atoms with Gasteiger partial charge in [0.1, 0.15) is 11.9 Å². The van der Waals surface area contributed by atoms with E-state index in [1.54, 1.807) is 6.07 Å². The van der Waals surface area contributed by atoms with E-state index in [9.17, 15) is 13.2 Å². The molecule has 0 amide bonds. The fourth-order valence-corrected chi connectivity index (χ4v) is 3.21. The van der Waals surface area contributed by atoms with Crippen LogP contribution in [0.25, 0.3) is 11.1 Å². The third-order valence-electron chi connectivity index (χ3n) is 4.43. The van der Waals surface area contributed by atoms with Crippen molar-refractivity contribution in [3.05, 3.63) is 46.9 Å². The van der Waals surface area contributed by atoms with Crippen molar-refractivity contribution in [1.82, 2.24) is 10.3 Å². The fraction of sp³-hybridized carbons (Fsp3) is 0.450. The van der Waals surface area contributed by atoms with Crippen molar-refractivity contribution >= 4 is 0 Å². The summed E-state index contributed by atoms with van der Waals surface area (Å²) in [6, 6.07) is 7.03. The third-order valence-corrected chi connectivity index (χ3v) is 4.43. The molecule has 140 valence electrons. The van der Waals surface area contributed by atoms with Gasteiger partial charge in [-0.2, -0.15) is 0 Å². The topological polar surface area (TPSA) is 34.2 Å². The van der Waals surface area contributed by atoms with Gasteiger partial charge in [0, 0.05) is 30.3 Å². The quantitative estimate of drug-likeness (QED) is 0.852. The van der Waals surface area contributed by atoms with Gasteiger partial charge < -0.3 is 10.1 Å².